The summed E-state index contributed by atoms with van der Waals surface area (Å²) in [5.74, 6) is -4.08. The first-order chi connectivity index (χ1) is 14.2. The molecule has 2 aromatic rings. The number of ketones is 1. The summed E-state index contributed by atoms with van der Waals surface area (Å²) in [6.07, 6.45) is 0. The van der Waals surface area contributed by atoms with Crippen LogP contribution in [0.2, 0.25) is 0 Å². The fourth-order valence-electron chi connectivity index (χ4n) is 2.86. The highest BCUT2D eigenvalue weighted by Crippen LogP contribution is 2.25. The topological polar surface area (TPSA) is 113 Å². The Morgan fingerprint density at radius 1 is 1.03 bits per heavy atom. The molecule has 10 heteroatoms. The van der Waals surface area contributed by atoms with Crippen LogP contribution in [-0.2, 0) is 14.4 Å². The van der Waals surface area contributed by atoms with E-state index in [1.54, 1.807) is 0 Å². The molecule has 1 aliphatic heterocycles. The summed E-state index contributed by atoms with van der Waals surface area (Å²) in [5, 5.41) is 2.37. The number of methoxy groups -OCH3 is 1. The van der Waals surface area contributed by atoms with Crippen molar-refractivity contribution in [1.82, 2.24) is 4.90 Å². The Kier molecular flexibility index (Phi) is 5.58. The predicted octanol–water partition coefficient (Wildman–Crippen LogP) is 1.97. The molecule has 0 radical (unpaired) electrons. The van der Waals surface area contributed by atoms with Gasteiger partial charge in [0.05, 0.1) is 24.9 Å². The zero-order chi connectivity index (χ0) is 22.0. The van der Waals surface area contributed by atoms with Crippen LogP contribution in [0.5, 0.6) is 5.75 Å². The number of ether oxygens (including phenoxy) is 1. The number of carbonyl (C=O) groups excluding carboxylic acids is 5. The zero-order valence-electron chi connectivity index (χ0n) is 16.0. The standard InChI is InChI=1S/C20H16FN3O6/c1-11(25)22-12-3-8-15(16(21)9-12)17(26)10-23-18(27)19(28)24(20(23)29)13-4-6-14(30-2)7-5-13/h3-9H,10H2,1-2H3,(H,22,25). The number of rotatable bonds is 6. The third-order valence-electron chi connectivity index (χ3n) is 4.28. The van der Waals surface area contributed by atoms with Crippen LogP contribution in [-0.4, -0.2) is 48.1 Å². The van der Waals surface area contributed by atoms with Crippen LogP contribution in [0, 0.1) is 5.82 Å². The maximum absolute atomic E-state index is 14.3. The van der Waals surface area contributed by atoms with Crippen LogP contribution in [0.4, 0.5) is 20.6 Å². The molecule has 0 aliphatic carbocycles. The molecule has 154 valence electrons. The van der Waals surface area contributed by atoms with Crippen molar-refractivity contribution in [3.63, 3.8) is 0 Å². The van der Waals surface area contributed by atoms with E-state index in [2.05, 4.69) is 5.32 Å². The highest BCUT2D eigenvalue weighted by molar-refractivity contribution is 6.53. The van der Waals surface area contributed by atoms with Crippen molar-refractivity contribution in [2.24, 2.45) is 0 Å². The van der Waals surface area contributed by atoms with Crippen molar-refractivity contribution in [3.05, 3.63) is 53.8 Å². The van der Waals surface area contributed by atoms with Gasteiger partial charge < -0.3 is 10.1 Å². The van der Waals surface area contributed by atoms with Gasteiger partial charge in [0.2, 0.25) is 5.91 Å². The molecular formula is C20H16FN3O6. The quantitative estimate of drug-likeness (QED) is 0.440. The first-order valence-corrected chi connectivity index (χ1v) is 8.67. The average molecular weight is 413 g/mol. The van der Waals surface area contributed by atoms with E-state index in [4.69, 9.17) is 4.74 Å². The molecule has 3 rings (SSSR count). The maximum atomic E-state index is 14.3. The number of urea groups is 1. The molecule has 30 heavy (non-hydrogen) atoms. The Bertz CT molecular complexity index is 1070. The first kappa shape index (κ1) is 20.6. The third-order valence-corrected chi connectivity index (χ3v) is 4.28. The molecule has 0 aromatic heterocycles. The predicted molar refractivity (Wildman–Crippen MR) is 103 cm³/mol. The molecule has 1 N–H and O–H groups in total. The smallest absolute Gasteiger partial charge is 0.339 e. The number of amides is 5. The number of halogens is 1. The molecule has 1 heterocycles. The summed E-state index contributed by atoms with van der Waals surface area (Å²) >= 11 is 0. The Hall–Kier alpha value is -4.08. The van der Waals surface area contributed by atoms with Crippen molar-refractivity contribution in [1.29, 1.82) is 0 Å². The van der Waals surface area contributed by atoms with Crippen molar-refractivity contribution < 1.29 is 33.1 Å². The van der Waals surface area contributed by atoms with Crippen LogP contribution in [0.3, 0.4) is 0 Å². The Balaban J connectivity index is 1.80. The third kappa shape index (κ3) is 3.88. The zero-order valence-corrected chi connectivity index (χ0v) is 16.0. The summed E-state index contributed by atoms with van der Waals surface area (Å²) in [4.78, 5) is 61.7. The molecular weight excluding hydrogens is 397 g/mol. The number of benzene rings is 2. The van der Waals surface area contributed by atoms with Crippen LogP contribution in [0.25, 0.3) is 0 Å². The monoisotopic (exact) mass is 413 g/mol. The molecule has 0 unspecified atom stereocenters. The summed E-state index contributed by atoms with van der Waals surface area (Å²) in [7, 11) is 1.44. The van der Waals surface area contributed by atoms with Gasteiger partial charge in [-0.1, -0.05) is 0 Å². The molecule has 1 aliphatic rings. The lowest BCUT2D eigenvalue weighted by atomic mass is 10.1. The number of nitrogens with zero attached hydrogens (tertiary/aromatic N) is 2. The minimum Gasteiger partial charge on any atom is -0.497 e. The van der Waals surface area contributed by atoms with E-state index in [1.165, 1.54) is 44.4 Å². The Morgan fingerprint density at radius 2 is 1.70 bits per heavy atom. The van der Waals surface area contributed by atoms with Crippen LogP contribution in [0.1, 0.15) is 17.3 Å². The fourth-order valence-corrected chi connectivity index (χ4v) is 2.86. The highest BCUT2D eigenvalue weighted by atomic mass is 19.1. The van der Waals surface area contributed by atoms with Crippen LogP contribution in [0.15, 0.2) is 42.5 Å². The van der Waals surface area contributed by atoms with Crippen LogP contribution < -0.4 is 15.0 Å². The van der Waals surface area contributed by atoms with Gasteiger partial charge in [0, 0.05) is 12.6 Å². The van der Waals surface area contributed by atoms with Gasteiger partial charge in [-0.25, -0.2) is 19.0 Å². The number of nitrogens with one attached hydrogen (secondary N) is 1. The Morgan fingerprint density at radius 3 is 2.27 bits per heavy atom. The minimum absolute atomic E-state index is 0.125. The number of hydrogen-bond donors (Lipinski definition) is 1. The number of Topliss-reactive ketones (excluding diaryl/α,β-unsaturated/α-hetero) is 1. The normalized spacial score (nSPS) is 13.6. The number of hydrogen-bond acceptors (Lipinski definition) is 6. The Labute approximate surface area is 170 Å². The van der Waals surface area contributed by atoms with Crippen LogP contribution >= 0.6 is 0 Å². The second-order valence-electron chi connectivity index (χ2n) is 6.31. The lowest BCUT2D eigenvalue weighted by molar-refractivity contribution is -0.139. The van der Waals surface area contributed by atoms with E-state index >= 15 is 0 Å². The maximum Gasteiger partial charge on any atom is 0.339 e. The van der Waals surface area contributed by atoms with E-state index in [0.29, 0.717) is 15.5 Å². The summed E-state index contributed by atoms with van der Waals surface area (Å²) in [5.41, 5.74) is -0.120. The van der Waals surface area contributed by atoms with Crippen molar-refractivity contribution in [3.8, 4) is 5.75 Å². The summed E-state index contributed by atoms with van der Waals surface area (Å²) in [6, 6.07) is 8.18. The van der Waals surface area contributed by atoms with Gasteiger partial charge in [0.15, 0.2) is 5.78 Å². The van der Waals surface area contributed by atoms with Gasteiger partial charge in [0.1, 0.15) is 11.6 Å². The lowest BCUT2D eigenvalue weighted by Gasteiger charge is -2.15. The van der Waals surface area contributed by atoms with Gasteiger partial charge in [-0.2, -0.15) is 0 Å². The minimum atomic E-state index is -1.19. The van der Waals surface area contributed by atoms with E-state index < -0.39 is 41.9 Å². The van der Waals surface area contributed by atoms with Crippen molar-refractivity contribution in [2.45, 2.75) is 6.92 Å². The highest BCUT2D eigenvalue weighted by Gasteiger charge is 2.46. The van der Waals surface area contributed by atoms with Gasteiger partial charge in [-0.15, -0.1) is 0 Å². The first-order valence-electron chi connectivity index (χ1n) is 8.67. The molecule has 5 amide bonds. The van der Waals surface area contributed by atoms with Crippen molar-refractivity contribution in [2.75, 3.05) is 23.9 Å². The van der Waals surface area contributed by atoms with Gasteiger partial charge in [-0.05, 0) is 42.5 Å². The molecule has 9 nitrogen and oxygen atoms in total. The van der Waals surface area contributed by atoms with E-state index in [-0.39, 0.29) is 16.9 Å². The molecule has 0 bridgehead atoms. The number of carbonyl (C=O) groups is 5. The molecule has 0 atom stereocenters. The molecule has 2 aromatic carbocycles. The number of anilines is 2. The summed E-state index contributed by atoms with van der Waals surface area (Å²) < 4.78 is 19.3. The van der Waals surface area contributed by atoms with Crippen molar-refractivity contribution >= 4 is 40.9 Å². The SMILES string of the molecule is COc1ccc(N2C(=O)C(=O)N(CC(=O)c3ccc(NC(C)=O)cc3F)C2=O)cc1. The average Bonchev–Trinajstić information content (AvgIpc) is 2.91. The second kappa shape index (κ2) is 8.11. The summed E-state index contributed by atoms with van der Waals surface area (Å²) in [6.45, 7) is 0.430. The van der Waals surface area contributed by atoms with Gasteiger partial charge >= 0.3 is 17.8 Å². The second-order valence-corrected chi connectivity index (χ2v) is 6.31. The largest absolute Gasteiger partial charge is 0.497 e. The molecule has 1 saturated heterocycles. The van der Waals surface area contributed by atoms with Gasteiger partial charge in [-0.3, -0.25) is 19.2 Å². The molecule has 0 spiro atoms. The van der Waals surface area contributed by atoms with E-state index in [9.17, 15) is 28.4 Å². The van der Waals surface area contributed by atoms with E-state index in [1.807, 2.05) is 0 Å². The number of imide groups is 2. The van der Waals surface area contributed by atoms with Gasteiger partial charge in [0.25, 0.3) is 0 Å². The van der Waals surface area contributed by atoms with E-state index in [0.717, 1.165) is 12.1 Å². The lowest BCUT2D eigenvalue weighted by Crippen LogP contribution is -2.37. The molecule has 1 fully saturated rings. The fraction of sp³-hybridized carbons (Fsp3) is 0.150. The molecule has 0 saturated carbocycles.